The molecule has 0 amide bonds. The smallest absolute Gasteiger partial charge is 0.165 e. The van der Waals surface area contributed by atoms with Crippen LogP contribution < -0.4 is 4.74 Å². The average molecular weight is 257 g/mol. The molecule has 0 atom stereocenters. The van der Waals surface area contributed by atoms with Gasteiger partial charge in [0.25, 0.3) is 0 Å². The lowest BCUT2D eigenvalue weighted by atomic mass is 10.2. The van der Waals surface area contributed by atoms with Gasteiger partial charge in [0.05, 0.1) is 0 Å². The molecule has 0 unspecified atom stereocenters. The van der Waals surface area contributed by atoms with Gasteiger partial charge in [0, 0.05) is 23.5 Å². The van der Waals surface area contributed by atoms with E-state index in [4.69, 9.17) is 9.84 Å². The summed E-state index contributed by atoms with van der Waals surface area (Å²) in [6.07, 6.45) is 3.32. The van der Waals surface area contributed by atoms with E-state index < -0.39 is 5.82 Å². The Labute approximate surface area is 110 Å². The summed E-state index contributed by atoms with van der Waals surface area (Å²) in [5.41, 5.74) is 1.45. The fourth-order valence-corrected chi connectivity index (χ4v) is 1.48. The highest BCUT2D eigenvalue weighted by molar-refractivity contribution is 5.40. The zero-order valence-corrected chi connectivity index (χ0v) is 10.1. The summed E-state index contributed by atoms with van der Waals surface area (Å²) in [4.78, 5) is 3.95. The zero-order chi connectivity index (χ0) is 13.5. The third-order valence-corrected chi connectivity index (χ3v) is 2.36. The molecule has 1 heterocycles. The van der Waals surface area contributed by atoms with Crippen LogP contribution in [-0.2, 0) is 6.61 Å². The van der Waals surface area contributed by atoms with E-state index in [-0.39, 0.29) is 19.0 Å². The Balaban J connectivity index is 2.11. The van der Waals surface area contributed by atoms with Gasteiger partial charge < -0.3 is 9.84 Å². The number of aliphatic hydroxyl groups is 1. The van der Waals surface area contributed by atoms with Gasteiger partial charge in [0.15, 0.2) is 11.6 Å². The predicted molar refractivity (Wildman–Crippen MR) is 68.9 cm³/mol. The number of rotatable bonds is 3. The Hall–Kier alpha value is -2.38. The molecule has 1 N–H and O–H groups in total. The third-order valence-electron chi connectivity index (χ3n) is 2.36. The van der Waals surface area contributed by atoms with Gasteiger partial charge in [-0.1, -0.05) is 17.9 Å². The minimum absolute atomic E-state index is 0.133. The van der Waals surface area contributed by atoms with Crippen molar-refractivity contribution in [3.63, 3.8) is 0 Å². The number of hydrogen-bond acceptors (Lipinski definition) is 3. The van der Waals surface area contributed by atoms with Crippen molar-refractivity contribution >= 4 is 0 Å². The fraction of sp³-hybridized carbons (Fsp3) is 0.133. The monoisotopic (exact) mass is 257 g/mol. The van der Waals surface area contributed by atoms with E-state index in [1.807, 2.05) is 6.07 Å². The lowest BCUT2D eigenvalue weighted by molar-refractivity contribution is 0.290. The van der Waals surface area contributed by atoms with Crippen molar-refractivity contribution in [2.75, 3.05) is 6.61 Å². The van der Waals surface area contributed by atoms with Crippen molar-refractivity contribution < 1.29 is 14.2 Å². The molecule has 2 aromatic rings. The van der Waals surface area contributed by atoms with Gasteiger partial charge in [-0.25, -0.2) is 4.39 Å². The highest BCUT2D eigenvalue weighted by atomic mass is 19.1. The predicted octanol–water partition coefficient (Wildman–Crippen LogP) is 2.14. The molecule has 3 nitrogen and oxygen atoms in total. The quantitative estimate of drug-likeness (QED) is 0.857. The number of halogens is 1. The van der Waals surface area contributed by atoms with Gasteiger partial charge in [0.2, 0.25) is 0 Å². The first-order chi connectivity index (χ1) is 9.29. The molecule has 1 aromatic heterocycles. The van der Waals surface area contributed by atoms with E-state index in [0.29, 0.717) is 5.56 Å². The number of hydrogen-bond donors (Lipinski definition) is 1. The van der Waals surface area contributed by atoms with Gasteiger partial charge in [-0.3, -0.25) is 4.98 Å². The van der Waals surface area contributed by atoms with Crippen molar-refractivity contribution in [3.05, 3.63) is 59.7 Å². The fourth-order valence-electron chi connectivity index (χ4n) is 1.48. The van der Waals surface area contributed by atoms with Gasteiger partial charge in [-0.2, -0.15) is 0 Å². The molecule has 2 rings (SSSR count). The van der Waals surface area contributed by atoms with E-state index in [9.17, 15) is 4.39 Å². The van der Waals surface area contributed by atoms with Gasteiger partial charge in [-0.15, -0.1) is 0 Å². The molecule has 0 saturated carbocycles. The maximum atomic E-state index is 13.6. The van der Waals surface area contributed by atoms with Crippen LogP contribution in [0.15, 0.2) is 42.7 Å². The minimum Gasteiger partial charge on any atom is -0.486 e. The summed E-state index contributed by atoms with van der Waals surface area (Å²) in [6, 6.07) is 7.97. The van der Waals surface area contributed by atoms with Crippen LogP contribution in [0.1, 0.15) is 11.1 Å². The number of pyridine rings is 1. The van der Waals surface area contributed by atoms with E-state index in [1.165, 1.54) is 18.2 Å². The van der Waals surface area contributed by atoms with Crippen molar-refractivity contribution in [1.82, 2.24) is 4.98 Å². The number of aliphatic hydroxyl groups excluding tert-OH is 1. The van der Waals surface area contributed by atoms with Crippen LogP contribution in [0.25, 0.3) is 0 Å². The third kappa shape index (κ3) is 3.80. The molecule has 96 valence electrons. The SMILES string of the molecule is OCC#Cc1ccc(F)c(OCc2cccnc2)c1. The van der Waals surface area contributed by atoms with Crippen LogP contribution in [0.3, 0.4) is 0 Å². The molecule has 19 heavy (non-hydrogen) atoms. The van der Waals surface area contributed by atoms with Crippen LogP contribution in [0.5, 0.6) is 5.75 Å². The molecule has 1 aromatic carbocycles. The van der Waals surface area contributed by atoms with Crippen LogP contribution >= 0.6 is 0 Å². The van der Waals surface area contributed by atoms with Crippen LogP contribution in [0.4, 0.5) is 4.39 Å². The van der Waals surface area contributed by atoms with E-state index in [0.717, 1.165) is 5.56 Å². The highest BCUT2D eigenvalue weighted by Gasteiger charge is 2.04. The first-order valence-corrected chi connectivity index (χ1v) is 5.70. The molecule has 0 spiro atoms. The molecule has 0 radical (unpaired) electrons. The van der Waals surface area contributed by atoms with Crippen LogP contribution in [0.2, 0.25) is 0 Å². The summed E-state index contributed by atoms with van der Waals surface area (Å²) in [7, 11) is 0. The summed E-state index contributed by atoms with van der Waals surface area (Å²) >= 11 is 0. The molecule has 0 aliphatic rings. The topological polar surface area (TPSA) is 42.4 Å². The summed E-state index contributed by atoms with van der Waals surface area (Å²) < 4.78 is 19.0. The Kier molecular flexibility index (Phi) is 4.49. The Bertz CT molecular complexity index is 603. The molecular weight excluding hydrogens is 245 g/mol. The van der Waals surface area contributed by atoms with E-state index in [1.54, 1.807) is 18.5 Å². The van der Waals surface area contributed by atoms with Crippen molar-refractivity contribution in [3.8, 4) is 17.6 Å². The second kappa shape index (κ2) is 6.53. The molecule has 0 bridgehead atoms. The molecular formula is C15H12FNO2. The molecule has 4 heteroatoms. The van der Waals surface area contributed by atoms with E-state index in [2.05, 4.69) is 16.8 Å². The number of benzene rings is 1. The maximum Gasteiger partial charge on any atom is 0.165 e. The summed E-state index contributed by atoms with van der Waals surface area (Å²) in [6.45, 7) is 0.00485. The molecule has 0 aliphatic carbocycles. The van der Waals surface area contributed by atoms with Gasteiger partial charge in [-0.05, 0) is 24.3 Å². The largest absolute Gasteiger partial charge is 0.486 e. The standard InChI is InChI=1S/C15H12FNO2/c16-14-6-5-12(4-2-8-18)9-15(14)19-11-13-3-1-7-17-10-13/h1,3,5-7,9-10,18H,8,11H2. The van der Waals surface area contributed by atoms with Gasteiger partial charge >= 0.3 is 0 Å². The minimum atomic E-state index is -0.446. The lowest BCUT2D eigenvalue weighted by Crippen LogP contribution is -1.98. The normalized spacial score (nSPS) is 9.58. The Morgan fingerprint density at radius 2 is 2.21 bits per heavy atom. The van der Waals surface area contributed by atoms with Crippen molar-refractivity contribution in [2.24, 2.45) is 0 Å². The first-order valence-electron chi connectivity index (χ1n) is 5.70. The highest BCUT2D eigenvalue weighted by Crippen LogP contribution is 2.19. The summed E-state index contributed by atoms with van der Waals surface area (Å²) in [5.74, 6) is 4.89. The Morgan fingerprint density at radius 1 is 1.32 bits per heavy atom. The number of ether oxygens (including phenoxy) is 1. The first kappa shape index (κ1) is 13.1. The number of nitrogens with zero attached hydrogens (tertiary/aromatic N) is 1. The number of aromatic nitrogens is 1. The van der Waals surface area contributed by atoms with Gasteiger partial charge in [0.1, 0.15) is 13.2 Å². The van der Waals surface area contributed by atoms with Crippen molar-refractivity contribution in [2.45, 2.75) is 6.61 Å². The lowest BCUT2D eigenvalue weighted by Gasteiger charge is -2.07. The second-order valence-electron chi connectivity index (χ2n) is 3.76. The van der Waals surface area contributed by atoms with E-state index >= 15 is 0 Å². The summed E-state index contributed by atoms with van der Waals surface area (Å²) in [5, 5.41) is 8.62. The molecule has 0 saturated heterocycles. The maximum absolute atomic E-state index is 13.6. The molecule has 0 aliphatic heterocycles. The van der Waals surface area contributed by atoms with Crippen LogP contribution in [-0.4, -0.2) is 16.7 Å². The van der Waals surface area contributed by atoms with Crippen LogP contribution in [0, 0.1) is 17.7 Å². The average Bonchev–Trinajstić information content (AvgIpc) is 2.46. The molecule has 0 fully saturated rings. The second-order valence-corrected chi connectivity index (χ2v) is 3.76. The Morgan fingerprint density at radius 3 is 2.95 bits per heavy atom. The zero-order valence-electron chi connectivity index (χ0n) is 10.1. The van der Waals surface area contributed by atoms with Crippen molar-refractivity contribution in [1.29, 1.82) is 0 Å².